The van der Waals surface area contributed by atoms with Gasteiger partial charge >= 0.3 is 6.09 Å². The van der Waals surface area contributed by atoms with Crippen molar-refractivity contribution < 1.29 is 15.0 Å². The van der Waals surface area contributed by atoms with Crippen LogP contribution in [0.15, 0.2) is 18.2 Å². The van der Waals surface area contributed by atoms with E-state index < -0.39 is 6.09 Å². The predicted octanol–water partition coefficient (Wildman–Crippen LogP) is 1.79. The number of rotatable bonds is 1. The minimum absolute atomic E-state index is 0.0457. The molecule has 0 aliphatic carbocycles. The van der Waals surface area contributed by atoms with Crippen LogP contribution in [-0.4, -0.2) is 16.3 Å². The fourth-order valence-electron chi connectivity index (χ4n) is 0.860. The first kappa shape index (κ1) is 8.39. The number of phenolic OH excluding ortho intramolecular Hbond substituents is 1. The van der Waals surface area contributed by atoms with E-state index >= 15 is 0 Å². The zero-order chi connectivity index (χ0) is 9.14. The SMILES string of the molecule is Cc1ccc(O)cc1NC(=O)O. The Hall–Kier alpha value is -1.71. The second-order valence-corrected chi connectivity index (χ2v) is 2.43. The van der Waals surface area contributed by atoms with E-state index in [-0.39, 0.29) is 5.75 Å². The van der Waals surface area contributed by atoms with Gasteiger partial charge in [-0.3, -0.25) is 5.32 Å². The number of benzene rings is 1. The van der Waals surface area contributed by atoms with Crippen molar-refractivity contribution in [3.05, 3.63) is 23.8 Å². The minimum Gasteiger partial charge on any atom is -0.508 e. The molecule has 0 aliphatic heterocycles. The van der Waals surface area contributed by atoms with Gasteiger partial charge in [0.25, 0.3) is 0 Å². The molecule has 0 unspecified atom stereocenters. The van der Waals surface area contributed by atoms with Gasteiger partial charge in [0, 0.05) is 6.07 Å². The first-order valence-electron chi connectivity index (χ1n) is 3.39. The summed E-state index contributed by atoms with van der Waals surface area (Å²) in [6.07, 6.45) is -1.14. The molecule has 0 bridgehead atoms. The third kappa shape index (κ3) is 1.88. The van der Waals surface area contributed by atoms with Crippen LogP contribution in [0.1, 0.15) is 5.56 Å². The summed E-state index contributed by atoms with van der Waals surface area (Å²) >= 11 is 0. The Balaban J connectivity index is 2.97. The summed E-state index contributed by atoms with van der Waals surface area (Å²) in [4.78, 5) is 10.2. The number of hydrogen-bond donors (Lipinski definition) is 3. The lowest BCUT2D eigenvalue weighted by molar-refractivity contribution is 0.209. The summed E-state index contributed by atoms with van der Waals surface area (Å²) in [5.74, 6) is 0.0457. The fraction of sp³-hybridized carbons (Fsp3) is 0.125. The molecule has 4 heteroatoms. The number of nitrogens with one attached hydrogen (secondary N) is 1. The van der Waals surface area contributed by atoms with Crippen LogP contribution in [0.3, 0.4) is 0 Å². The second kappa shape index (κ2) is 3.13. The quantitative estimate of drug-likeness (QED) is 0.597. The van der Waals surface area contributed by atoms with Crippen LogP contribution >= 0.6 is 0 Å². The summed E-state index contributed by atoms with van der Waals surface area (Å²) in [7, 11) is 0. The molecular formula is C8H9NO3. The summed E-state index contributed by atoms with van der Waals surface area (Å²) in [6.45, 7) is 1.75. The van der Waals surface area contributed by atoms with E-state index in [1.165, 1.54) is 12.1 Å². The van der Waals surface area contributed by atoms with Crippen LogP contribution in [-0.2, 0) is 0 Å². The van der Waals surface area contributed by atoms with Gasteiger partial charge in [-0.25, -0.2) is 4.79 Å². The maximum atomic E-state index is 10.2. The summed E-state index contributed by atoms with van der Waals surface area (Å²) in [6, 6.07) is 4.51. The molecule has 0 fully saturated rings. The molecule has 0 spiro atoms. The Morgan fingerprint density at radius 2 is 2.17 bits per heavy atom. The lowest BCUT2D eigenvalue weighted by Crippen LogP contribution is -2.08. The Morgan fingerprint density at radius 3 is 2.75 bits per heavy atom. The lowest BCUT2D eigenvalue weighted by atomic mass is 10.2. The van der Waals surface area contributed by atoms with Gasteiger partial charge in [0.15, 0.2) is 0 Å². The molecule has 0 aliphatic rings. The van der Waals surface area contributed by atoms with Crippen molar-refractivity contribution >= 4 is 11.8 Å². The normalized spacial score (nSPS) is 9.42. The monoisotopic (exact) mass is 167 g/mol. The number of hydrogen-bond acceptors (Lipinski definition) is 2. The van der Waals surface area contributed by atoms with E-state index in [0.29, 0.717) is 5.69 Å². The molecule has 1 aromatic carbocycles. The molecule has 0 saturated carbocycles. The smallest absolute Gasteiger partial charge is 0.409 e. The van der Waals surface area contributed by atoms with E-state index in [0.717, 1.165) is 5.56 Å². The summed E-state index contributed by atoms with van der Waals surface area (Å²) in [5, 5.41) is 19.6. The van der Waals surface area contributed by atoms with E-state index in [4.69, 9.17) is 10.2 Å². The molecule has 0 radical (unpaired) electrons. The number of amides is 1. The zero-order valence-electron chi connectivity index (χ0n) is 6.53. The minimum atomic E-state index is -1.14. The third-order valence-electron chi connectivity index (χ3n) is 1.46. The van der Waals surface area contributed by atoms with Crippen molar-refractivity contribution in [3.8, 4) is 5.75 Å². The van der Waals surface area contributed by atoms with Crippen LogP contribution < -0.4 is 5.32 Å². The Labute approximate surface area is 69.5 Å². The molecule has 1 amide bonds. The highest BCUT2D eigenvalue weighted by atomic mass is 16.4. The first-order chi connectivity index (χ1) is 5.59. The number of aromatic hydroxyl groups is 1. The molecular weight excluding hydrogens is 158 g/mol. The number of carboxylic acid groups (broad SMARTS) is 1. The van der Waals surface area contributed by atoms with Gasteiger partial charge in [0.05, 0.1) is 5.69 Å². The van der Waals surface area contributed by atoms with Crippen LogP contribution in [0.2, 0.25) is 0 Å². The average Bonchev–Trinajstić information content (AvgIpc) is 1.96. The van der Waals surface area contributed by atoms with Crippen LogP contribution in [0.25, 0.3) is 0 Å². The van der Waals surface area contributed by atoms with Gasteiger partial charge in [0.2, 0.25) is 0 Å². The molecule has 12 heavy (non-hydrogen) atoms. The maximum absolute atomic E-state index is 10.2. The summed E-state index contributed by atoms with van der Waals surface area (Å²) < 4.78 is 0. The predicted molar refractivity (Wildman–Crippen MR) is 44.5 cm³/mol. The van der Waals surface area contributed by atoms with Gasteiger partial charge in [-0.15, -0.1) is 0 Å². The Morgan fingerprint density at radius 1 is 1.50 bits per heavy atom. The van der Waals surface area contributed by atoms with Gasteiger partial charge in [0.1, 0.15) is 5.75 Å². The molecule has 1 aromatic rings. The largest absolute Gasteiger partial charge is 0.508 e. The highest BCUT2D eigenvalue weighted by Gasteiger charge is 2.01. The highest BCUT2D eigenvalue weighted by molar-refractivity contribution is 5.84. The average molecular weight is 167 g/mol. The van der Waals surface area contributed by atoms with Crippen molar-refractivity contribution in [3.63, 3.8) is 0 Å². The van der Waals surface area contributed by atoms with Crippen molar-refractivity contribution in [1.82, 2.24) is 0 Å². The molecule has 0 atom stereocenters. The van der Waals surface area contributed by atoms with E-state index in [9.17, 15) is 4.79 Å². The van der Waals surface area contributed by atoms with Gasteiger partial charge < -0.3 is 10.2 Å². The van der Waals surface area contributed by atoms with Crippen molar-refractivity contribution in [1.29, 1.82) is 0 Å². The van der Waals surface area contributed by atoms with Crippen molar-refractivity contribution in [2.24, 2.45) is 0 Å². The molecule has 0 heterocycles. The van der Waals surface area contributed by atoms with E-state index in [2.05, 4.69) is 5.32 Å². The maximum Gasteiger partial charge on any atom is 0.409 e. The standard InChI is InChI=1S/C8H9NO3/c1-5-2-3-6(10)4-7(5)9-8(11)12/h2-4,9-10H,1H3,(H,11,12). The van der Waals surface area contributed by atoms with E-state index in [1.54, 1.807) is 13.0 Å². The van der Waals surface area contributed by atoms with Crippen LogP contribution in [0, 0.1) is 6.92 Å². The van der Waals surface area contributed by atoms with E-state index in [1.807, 2.05) is 0 Å². The van der Waals surface area contributed by atoms with Gasteiger partial charge in [-0.05, 0) is 18.6 Å². The molecule has 1 rings (SSSR count). The molecule has 4 nitrogen and oxygen atoms in total. The zero-order valence-corrected chi connectivity index (χ0v) is 6.53. The highest BCUT2D eigenvalue weighted by Crippen LogP contribution is 2.20. The first-order valence-corrected chi connectivity index (χ1v) is 3.39. The number of aryl methyl sites for hydroxylation is 1. The molecule has 0 saturated heterocycles. The van der Waals surface area contributed by atoms with Gasteiger partial charge in [-0.2, -0.15) is 0 Å². The Kier molecular flexibility index (Phi) is 2.19. The number of carbonyl (C=O) groups is 1. The third-order valence-corrected chi connectivity index (χ3v) is 1.46. The molecule has 3 N–H and O–H groups in total. The Bertz CT molecular complexity index is 309. The van der Waals surface area contributed by atoms with Crippen molar-refractivity contribution in [2.75, 3.05) is 5.32 Å². The molecule has 64 valence electrons. The fourth-order valence-corrected chi connectivity index (χ4v) is 0.860. The lowest BCUT2D eigenvalue weighted by Gasteiger charge is -2.04. The van der Waals surface area contributed by atoms with Crippen LogP contribution in [0.4, 0.5) is 10.5 Å². The number of anilines is 1. The summed E-state index contributed by atoms with van der Waals surface area (Å²) in [5.41, 5.74) is 1.18. The molecule has 0 aromatic heterocycles. The van der Waals surface area contributed by atoms with Gasteiger partial charge in [-0.1, -0.05) is 6.07 Å². The second-order valence-electron chi connectivity index (χ2n) is 2.43. The topological polar surface area (TPSA) is 69.6 Å². The number of phenols is 1. The van der Waals surface area contributed by atoms with Crippen molar-refractivity contribution in [2.45, 2.75) is 6.92 Å². The van der Waals surface area contributed by atoms with Crippen LogP contribution in [0.5, 0.6) is 5.75 Å².